The molecule has 118 valence electrons. The maximum absolute atomic E-state index is 12.7. The number of anilines is 1. The van der Waals surface area contributed by atoms with Gasteiger partial charge in [-0.2, -0.15) is 0 Å². The van der Waals surface area contributed by atoms with Gasteiger partial charge in [-0.25, -0.2) is 13.1 Å². The highest BCUT2D eigenvalue weighted by atomic mass is 32.2. The Morgan fingerprint density at radius 2 is 2.00 bits per heavy atom. The fourth-order valence-electron chi connectivity index (χ4n) is 2.96. The molecule has 0 aromatic heterocycles. The maximum atomic E-state index is 12.7. The van der Waals surface area contributed by atoms with E-state index in [0.717, 1.165) is 30.6 Å². The van der Waals surface area contributed by atoms with Gasteiger partial charge < -0.3 is 10.6 Å². The molecule has 2 atom stereocenters. The van der Waals surface area contributed by atoms with Gasteiger partial charge >= 0.3 is 0 Å². The van der Waals surface area contributed by atoms with Crippen molar-refractivity contribution in [2.24, 2.45) is 5.92 Å². The van der Waals surface area contributed by atoms with Crippen molar-refractivity contribution in [2.45, 2.75) is 38.1 Å². The zero-order valence-electron chi connectivity index (χ0n) is 13.2. The Labute approximate surface area is 127 Å². The average molecular weight is 311 g/mol. The van der Waals surface area contributed by atoms with Gasteiger partial charge in [0.05, 0.1) is 5.69 Å². The number of rotatable bonds is 3. The normalized spacial score (nSPS) is 24.2. The number of nitrogens with two attached hydrogens (primary N) is 1. The Morgan fingerprint density at radius 3 is 2.62 bits per heavy atom. The number of hydrogen-bond donors (Lipinski definition) is 2. The van der Waals surface area contributed by atoms with E-state index in [1.165, 1.54) is 0 Å². The molecule has 0 radical (unpaired) electrons. The van der Waals surface area contributed by atoms with Gasteiger partial charge in [0.1, 0.15) is 4.90 Å². The van der Waals surface area contributed by atoms with Crippen LogP contribution in [0.1, 0.15) is 24.5 Å². The van der Waals surface area contributed by atoms with Crippen LogP contribution in [0.15, 0.2) is 17.0 Å². The first-order valence-corrected chi connectivity index (χ1v) is 8.77. The molecule has 1 saturated heterocycles. The van der Waals surface area contributed by atoms with Crippen molar-refractivity contribution in [1.29, 1.82) is 0 Å². The third kappa shape index (κ3) is 3.39. The zero-order valence-corrected chi connectivity index (χ0v) is 14.0. The molecule has 1 aliphatic rings. The summed E-state index contributed by atoms with van der Waals surface area (Å²) in [5, 5.41) is 0. The summed E-state index contributed by atoms with van der Waals surface area (Å²) in [4.78, 5) is 2.45. The van der Waals surface area contributed by atoms with Crippen LogP contribution in [0.4, 0.5) is 5.69 Å². The molecule has 2 unspecified atom stereocenters. The second-order valence-electron chi connectivity index (χ2n) is 6.18. The van der Waals surface area contributed by atoms with Crippen LogP contribution in [0, 0.1) is 19.8 Å². The first-order valence-electron chi connectivity index (χ1n) is 7.29. The smallest absolute Gasteiger partial charge is 0.243 e. The van der Waals surface area contributed by atoms with Crippen molar-refractivity contribution in [1.82, 2.24) is 9.62 Å². The Morgan fingerprint density at radius 1 is 1.33 bits per heavy atom. The van der Waals surface area contributed by atoms with Gasteiger partial charge in [0.25, 0.3) is 0 Å². The second kappa shape index (κ2) is 5.94. The molecule has 6 heteroatoms. The van der Waals surface area contributed by atoms with Gasteiger partial charge in [0.15, 0.2) is 0 Å². The number of hydrogen-bond acceptors (Lipinski definition) is 4. The molecule has 5 nitrogen and oxygen atoms in total. The number of sulfonamides is 1. The van der Waals surface area contributed by atoms with E-state index in [2.05, 4.69) is 23.6 Å². The van der Waals surface area contributed by atoms with Crippen LogP contribution in [0.5, 0.6) is 0 Å². The standard InChI is InChI=1S/C15H25N3O2S/c1-10-5-6-13(16)15(12(10)3)21(19,20)17-14-7-8-18(4)9-11(14)2/h5-6,11,14,17H,7-9,16H2,1-4H3. The summed E-state index contributed by atoms with van der Waals surface area (Å²) in [5.74, 6) is 0.282. The molecule has 0 aliphatic carbocycles. The summed E-state index contributed by atoms with van der Waals surface area (Å²) >= 11 is 0. The highest BCUT2D eigenvalue weighted by Gasteiger charge is 2.30. The quantitative estimate of drug-likeness (QED) is 0.830. The molecular formula is C15H25N3O2S. The zero-order chi connectivity index (χ0) is 15.8. The number of likely N-dealkylation sites (tertiary alicyclic amines) is 1. The highest BCUT2D eigenvalue weighted by Crippen LogP contribution is 2.26. The van der Waals surface area contributed by atoms with Crippen LogP contribution in [0.25, 0.3) is 0 Å². The molecule has 0 amide bonds. The SMILES string of the molecule is Cc1ccc(N)c(S(=O)(=O)NC2CCN(C)CC2C)c1C. The van der Waals surface area contributed by atoms with Crippen LogP contribution in [-0.2, 0) is 10.0 Å². The Balaban J connectivity index is 2.29. The summed E-state index contributed by atoms with van der Waals surface area (Å²) in [6.07, 6.45) is 0.821. The predicted molar refractivity (Wildman–Crippen MR) is 85.7 cm³/mol. The first kappa shape index (κ1) is 16.3. The molecule has 2 rings (SSSR count). The minimum atomic E-state index is -3.59. The van der Waals surface area contributed by atoms with Crippen LogP contribution in [0.2, 0.25) is 0 Å². The predicted octanol–water partition coefficient (Wildman–Crippen LogP) is 1.50. The van der Waals surface area contributed by atoms with Crippen LogP contribution in [-0.4, -0.2) is 39.5 Å². The molecule has 1 aliphatic heterocycles. The van der Waals surface area contributed by atoms with E-state index in [-0.39, 0.29) is 16.9 Å². The summed E-state index contributed by atoms with van der Waals surface area (Å²) in [7, 11) is -1.53. The molecule has 1 aromatic carbocycles. The number of nitrogen functional groups attached to an aromatic ring is 1. The Bertz CT molecular complexity index is 628. The largest absolute Gasteiger partial charge is 0.398 e. The maximum Gasteiger partial charge on any atom is 0.243 e. The van der Waals surface area contributed by atoms with Gasteiger partial charge in [-0.15, -0.1) is 0 Å². The van der Waals surface area contributed by atoms with Crippen molar-refractivity contribution < 1.29 is 8.42 Å². The summed E-state index contributed by atoms with van der Waals surface area (Å²) in [6, 6.07) is 3.47. The Hall–Kier alpha value is -1.11. The Kier molecular flexibility index (Phi) is 4.60. The minimum absolute atomic E-state index is 0.0366. The fraction of sp³-hybridized carbons (Fsp3) is 0.600. The number of nitrogens with one attached hydrogen (secondary N) is 1. The van der Waals surface area contributed by atoms with E-state index in [1.54, 1.807) is 13.0 Å². The topological polar surface area (TPSA) is 75.4 Å². The van der Waals surface area contributed by atoms with E-state index in [4.69, 9.17) is 5.73 Å². The summed E-state index contributed by atoms with van der Waals surface area (Å²) in [5.41, 5.74) is 7.88. The van der Waals surface area contributed by atoms with Crippen LogP contribution >= 0.6 is 0 Å². The summed E-state index contributed by atoms with van der Waals surface area (Å²) < 4.78 is 28.3. The molecule has 0 bridgehead atoms. The average Bonchev–Trinajstić information content (AvgIpc) is 2.37. The van der Waals surface area contributed by atoms with Gasteiger partial charge in [-0.3, -0.25) is 0 Å². The first-order chi connectivity index (χ1) is 9.72. The van der Waals surface area contributed by atoms with Gasteiger partial charge in [-0.05, 0) is 57.0 Å². The van der Waals surface area contributed by atoms with Gasteiger partial charge in [0.2, 0.25) is 10.0 Å². The number of aryl methyl sites for hydroxylation is 1. The van der Waals surface area contributed by atoms with E-state index >= 15 is 0 Å². The van der Waals surface area contributed by atoms with Crippen molar-refractivity contribution >= 4 is 15.7 Å². The molecule has 1 fully saturated rings. The van der Waals surface area contributed by atoms with Crippen molar-refractivity contribution in [3.8, 4) is 0 Å². The van der Waals surface area contributed by atoms with Gasteiger partial charge in [-0.1, -0.05) is 13.0 Å². The van der Waals surface area contributed by atoms with E-state index in [1.807, 2.05) is 13.0 Å². The third-order valence-electron chi connectivity index (χ3n) is 4.39. The number of piperidine rings is 1. The number of benzene rings is 1. The van der Waals surface area contributed by atoms with E-state index in [0.29, 0.717) is 5.69 Å². The lowest BCUT2D eigenvalue weighted by Crippen LogP contribution is -2.48. The molecular weight excluding hydrogens is 286 g/mol. The molecule has 0 saturated carbocycles. The molecule has 21 heavy (non-hydrogen) atoms. The summed E-state index contributed by atoms with van der Waals surface area (Å²) in [6.45, 7) is 7.58. The molecule has 3 N–H and O–H groups in total. The van der Waals surface area contributed by atoms with Crippen LogP contribution in [0.3, 0.4) is 0 Å². The van der Waals surface area contributed by atoms with E-state index < -0.39 is 10.0 Å². The molecule has 1 aromatic rings. The van der Waals surface area contributed by atoms with Gasteiger partial charge in [0, 0.05) is 12.6 Å². The molecule has 1 heterocycles. The second-order valence-corrected chi connectivity index (χ2v) is 7.83. The van der Waals surface area contributed by atoms with Crippen molar-refractivity contribution in [2.75, 3.05) is 25.9 Å². The minimum Gasteiger partial charge on any atom is -0.398 e. The van der Waals surface area contributed by atoms with Crippen LogP contribution < -0.4 is 10.5 Å². The lowest BCUT2D eigenvalue weighted by molar-refractivity contribution is 0.188. The highest BCUT2D eigenvalue weighted by molar-refractivity contribution is 7.89. The van der Waals surface area contributed by atoms with Crippen molar-refractivity contribution in [3.05, 3.63) is 23.3 Å². The number of nitrogens with zero attached hydrogens (tertiary/aromatic N) is 1. The fourth-order valence-corrected chi connectivity index (χ4v) is 4.76. The van der Waals surface area contributed by atoms with Crippen molar-refractivity contribution in [3.63, 3.8) is 0 Å². The lowest BCUT2D eigenvalue weighted by atomic mass is 9.95. The van der Waals surface area contributed by atoms with E-state index in [9.17, 15) is 8.42 Å². The monoisotopic (exact) mass is 311 g/mol. The lowest BCUT2D eigenvalue weighted by Gasteiger charge is -2.35. The molecule has 0 spiro atoms. The third-order valence-corrected chi connectivity index (χ3v) is 6.08.